The predicted molar refractivity (Wildman–Crippen MR) is 105 cm³/mol. The van der Waals surface area contributed by atoms with Gasteiger partial charge >= 0.3 is 5.97 Å². The number of hydrogen-bond acceptors (Lipinski definition) is 6. The van der Waals surface area contributed by atoms with Crippen LogP contribution in [0.2, 0.25) is 0 Å². The molecule has 0 unspecified atom stereocenters. The third-order valence-electron chi connectivity index (χ3n) is 3.71. The summed E-state index contributed by atoms with van der Waals surface area (Å²) in [6.45, 7) is 2.02. The third kappa shape index (κ3) is 4.92. The molecular formula is C21H19N3O3. The summed E-state index contributed by atoms with van der Waals surface area (Å²) >= 11 is 0. The zero-order valence-corrected chi connectivity index (χ0v) is 15.0. The van der Waals surface area contributed by atoms with Crippen LogP contribution in [0.5, 0.6) is 11.5 Å². The predicted octanol–water partition coefficient (Wildman–Crippen LogP) is 4.06. The molecule has 0 aliphatic rings. The highest BCUT2D eigenvalue weighted by molar-refractivity contribution is 5.91. The van der Waals surface area contributed by atoms with Gasteiger partial charge in [0.2, 0.25) is 0 Å². The van der Waals surface area contributed by atoms with Gasteiger partial charge < -0.3 is 9.47 Å². The van der Waals surface area contributed by atoms with Crippen LogP contribution in [0.1, 0.15) is 21.5 Å². The molecular weight excluding hydrogens is 342 g/mol. The first kappa shape index (κ1) is 18.1. The second kappa shape index (κ2) is 8.62. The van der Waals surface area contributed by atoms with E-state index in [4.69, 9.17) is 9.47 Å². The number of hydrogen-bond donors (Lipinski definition) is 1. The van der Waals surface area contributed by atoms with E-state index in [1.54, 1.807) is 42.7 Å². The summed E-state index contributed by atoms with van der Waals surface area (Å²) < 4.78 is 10.7. The van der Waals surface area contributed by atoms with Crippen molar-refractivity contribution >= 4 is 17.9 Å². The van der Waals surface area contributed by atoms with Gasteiger partial charge in [0.1, 0.15) is 0 Å². The lowest BCUT2D eigenvalue weighted by molar-refractivity contribution is 0.0729. The molecule has 0 fully saturated rings. The van der Waals surface area contributed by atoms with Crippen LogP contribution in [0, 0.1) is 6.92 Å². The van der Waals surface area contributed by atoms with Gasteiger partial charge in [-0.3, -0.25) is 10.4 Å². The molecule has 0 saturated carbocycles. The molecule has 3 rings (SSSR count). The second-order valence-corrected chi connectivity index (χ2v) is 5.78. The van der Waals surface area contributed by atoms with Crippen LogP contribution >= 0.6 is 0 Å². The molecule has 6 nitrogen and oxygen atoms in total. The minimum Gasteiger partial charge on any atom is -0.493 e. The van der Waals surface area contributed by atoms with Crippen molar-refractivity contribution in [2.24, 2.45) is 5.10 Å². The SMILES string of the molecule is COc1cc(/C=N\Nc2cccc(C)c2)ccc1OC(=O)c1cccnc1. The van der Waals surface area contributed by atoms with Gasteiger partial charge in [0, 0.05) is 12.4 Å². The quantitative estimate of drug-likeness (QED) is 0.310. The van der Waals surface area contributed by atoms with Crippen molar-refractivity contribution in [1.29, 1.82) is 0 Å². The topological polar surface area (TPSA) is 72.8 Å². The highest BCUT2D eigenvalue weighted by Gasteiger charge is 2.12. The molecule has 6 heteroatoms. The van der Waals surface area contributed by atoms with E-state index < -0.39 is 5.97 Å². The fourth-order valence-corrected chi connectivity index (χ4v) is 2.39. The first-order valence-corrected chi connectivity index (χ1v) is 8.32. The summed E-state index contributed by atoms with van der Waals surface area (Å²) in [6, 6.07) is 16.4. The molecule has 0 atom stereocenters. The Labute approximate surface area is 157 Å². The van der Waals surface area contributed by atoms with E-state index in [-0.39, 0.29) is 0 Å². The van der Waals surface area contributed by atoms with Crippen LogP contribution in [0.15, 0.2) is 72.1 Å². The van der Waals surface area contributed by atoms with E-state index >= 15 is 0 Å². The molecule has 3 aromatic rings. The van der Waals surface area contributed by atoms with Crippen molar-refractivity contribution in [3.63, 3.8) is 0 Å². The maximum Gasteiger partial charge on any atom is 0.345 e. The van der Waals surface area contributed by atoms with Crippen molar-refractivity contribution in [3.8, 4) is 11.5 Å². The van der Waals surface area contributed by atoms with Crippen LogP contribution < -0.4 is 14.9 Å². The molecule has 27 heavy (non-hydrogen) atoms. The number of aromatic nitrogens is 1. The van der Waals surface area contributed by atoms with Crippen LogP contribution in [-0.4, -0.2) is 24.3 Å². The maximum absolute atomic E-state index is 12.2. The van der Waals surface area contributed by atoms with E-state index in [0.717, 1.165) is 16.8 Å². The van der Waals surface area contributed by atoms with Gasteiger partial charge in [-0.05, 0) is 60.5 Å². The zero-order valence-electron chi connectivity index (χ0n) is 15.0. The van der Waals surface area contributed by atoms with Crippen LogP contribution in [0.3, 0.4) is 0 Å². The van der Waals surface area contributed by atoms with Gasteiger partial charge in [-0.1, -0.05) is 12.1 Å². The number of rotatable bonds is 6. The number of anilines is 1. The number of aryl methyl sites for hydroxylation is 1. The highest BCUT2D eigenvalue weighted by Crippen LogP contribution is 2.28. The van der Waals surface area contributed by atoms with Crippen molar-refractivity contribution in [2.45, 2.75) is 6.92 Å². The number of nitrogens with zero attached hydrogens (tertiary/aromatic N) is 2. The minimum absolute atomic E-state index is 0.329. The molecule has 2 aromatic carbocycles. The lowest BCUT2D eigenvalue weighted by Gasteiger charge is -2.09. The molecule has 136 valence electrons. The van der Waals surface area contributed by atoms with Gasteiger partial charge in [-0.25, -0.2) is 4.79 Å². The Kier molecular flexibility index (Phi) is 5.79. The number of carbonyl (C=O) groups excluding carboxylic acids is 1. The summed E-state index contributed by atoms with van der Waals surface area (Å²) in [5.74, 6) is 0.269. The number of benzene rings is 2. The number of carbonyl (C=O) groups is 1. The Balaban J connectivity index is 1.70. The van der Waals surface area contributed by atoms with Gasteiger partial charge in [0.15, 0.2) is 11.5 Å². The van der Waals surface area contributed by atoms with Crippen molar-refractivity contribution < 1.29 is 14.3 Å². The summed E-state index contributed by atoms with van der Waals surface area (Å²) in [4.78, 5) is 16.1. The lowest BCUT2D eigenvalue weighted by Crippen LogP contribution is -2.09. The number of esters is 1. The summed E-state index contributed by atoms with van der Waals surface area (Å²) in [6.07, 6.45) is 4.71. The number of pyridine rings is 1. The van der Waals surface area contributed by atoms with Crippen LogP contribution in [0.4, 0.5) is 5.69 Å². The fourth-order valence-electron chi connectivity index (χ4n) is 2.39. The van der Waals surface area contributed by atoms with Gasteiger partial charge in [-0.15, -0.1) is 0 Å². The Morgan fingerprint density at radius 1 is 1.11 bits per heavy atom. The molecule has 1 N–H and O–H groups in total. The lowest BCUT2D eigenvalue weighted by atomic mass is 10.2. The number of ether oxygens (including phenoxy) is 2. The molecule has 0 radical (unpaired) electrons. The van der Waals surface area contributed by atoms with E-state index in [1.165, 1.54) is 13.3 Å². The van der Waals surface area contributed by atoms with E-state index in [0.29, 0.717) is 17.1 Å². The van der Waals surface area contributed by atoms with Crippen molar-refractivity contribution in [1.82, 2.24) is 4.98 Å². The average Bonchev–Trinajstić information content (AvgIpc) is 2.69. The molecule has 0 spiro atoms. The first-order chi connectivity index (χ1) is 13.2. The van der Waals surface area contributed by atoms with Crippen LogP contribution in [0.25, 0.3) is 0 Å². The summed E-state index contributed by atoms with van der Waals surface area (Å²) in [5, 5.41) is 4.22. The largest absolute Gasteiger partial charge is 0.493 e. The van der Waals surface area contributed by atoms with Gasteiger partial charge in [0.25, 0.3) is 0 Å². The number of methoxy groups -OCH3 is 1. The first-order valence-electron chi connectivity index (χ1n) is 8.32. The molecule has 0 saturated heterocycles. The zero-order chi connectivity index (χ0) is 19.1. The van der Waals surface area contributed by atoms with Crippen molar-refractivity contribution in [2.75, 3.05) is 12.5 Å². The number of hydrazone groups is 1. The number of nitrogens with one attached hydrogen (secondary N) is 1. The molecule has 0 aliphatic heterocycles. The molecule has 0 amide bonds. The molecule has 0 bridgehead atoms. The summed E-state index contributed by atoms with van der Waals surface area (Å²) in [7, 11) is 1.52. The molecule has 1 heterocycles. The minimum atomic E-state index is -0.496. The van der Waals surface area contributed by atoms with E-state index in [2.05, 4.69) is 15.5 Å². The van der Waals surface area contributed by atoms with E-state index in [9.17, 15) is 4.79 Å². The van der Waals surface area contributed by atoms with Gasteiger partial charge in [0.05, 0.1) is 24.6 Å². The smallest absolute Gasteiger partial charge is 0.345 e. The molecule has 0 aliphatic carbocycles. The Bertz CT molecular complexity index is 956. The maximum atomic E-state index is 12.2. The fraction of sp³-hybridized carbons (Fsp3) is 0.0952. The second-order valence-electron chi connectivity index (χ2n) is 5.78. The normalized spacial score (nSPS) is 10.6. The average molecular weight is 361 g/mol. The van der Waals surface area contributed by atoms with Crippen LogP contribution in [-0.2, 0) is 0 Å². The Morgan fingerprint density at radius 3 is 2.74 bits per heavy atom. The third-order valence-corrected chi connectivity index (χ3v) is 3.71. The standard InChI is InChI=1S/C21H19N3O3/c1-15-5-3-7-18(11-15)24-23-13-16-8-9-19(20(12-16)26-2)27-21(25)17-6-4-10-22-14-17/h3-14,24H,1-2H3/b23-13-. The van der Waals surface area contributed by atoms with Crippen molar-refractivity contribution in [3.05, 3.63) is 83.7 Å². The Hall–Kier alpha value is -3.67. The summed E-state index contributed by atoms with van der Waals surface area (Å²) in [5.41, 5.74) is 6.20. The molecule has 1 aromatic heterocycles. The van der Waals surface area contributed by atoms with E-state index in [1.807, 2.05) is 31.2 Å². The monoisotopic (exact) mass is 361 g/mol. The Morgan fingerprint density at radius 2 is 2.00 bits per heavy atom. The van der Waals surface area contributed by atoms with Gasteiger partial charge in [-0.2, -0.15) is 5.10 Å². The highest BCUT2D eigenvalue weighted by atomic mass is 16.6.